The molecule has 0 aromatic heterocycles. The van der Waals surface area contributed by atoms with Gasteiger partial charge >= 0.3 is 0 Å². The van der Waals surface area contributed by atoms with Crippen molar-refractivity contribution >= 4 is 21.6 Å². The molecule has 1 fully saturated rings. The van der Waals surface area contributed by atoms with E-state index in [0.29, 0.717) is 6.42 Å². The first-order valence-electron chi connectivity index (χ1n) is 6.03. The Bertz CT molecular complexity index is 564. The fourth-order valence-corrected chi connectivity index (χ4v) is 4.03. The van der Waals surface area contributed by atoms with E-state index in [1.54, 1.807) is 0 Å². The van der Waals surface area contributed by atoms with Crippen molar-refractivity contribution in [1.29, 1.82) is 0 Å². The maximum Gasteiger partial charge on any atom is 0.243 e. The number of hydrogen-bond donors (Lipinski definition) is 2. The lowest BCUT2D eigenvalue weighted by Crippen LogP contribution is -2.38. The number of aliphatic hydroxyl groups excluding tert-OH is 1. The van der Waals surface area contributed by atoms with Gasteiger partial charge in [-0.05, 0) is 30.9 Å². The number of rotatable bonds is 4. The molecule has 0 spiro atoms. The molecule has 1 aromatic carbocycles. The van der Waals surface area contributed by atoms with Gasteiger partial charge in [-0.2, -0.15) is 0 Å². The largest absolute Gasteiger partial charge is 0.396 e. The van der Waals surface area contributed by atoms with E-state index < -0.39 is 20.7 Å². The average Bonchev–Trinajstić information content (AvgIpc) is 2.78. The summed E-state index contributed by atoms with van der Waals surface area (Å²) < 4.78 is 40.5. The highest BCUT2D eigenvalue weighted by atomic mass is 35.5. The summed E-state index contributed by atoms with van der Waals surface area (Å²) in [6.45, 7) is -0.0782. The van der Waals surface area contributed by atoms with Crippen molar-refractivity contribution in [3.63, 3.8) is 0 Å². The van der Waals surface area contributed by atoms with Gasteiger partial charge in [-0.15, -0.1) is 0 Å². The lowest BCUT2D eigenvalue weighted by molar-refractivity contribution is 0.213. The topological polar surface area (TPSA) is 66.4 Å². The maximum absolute atomic E-state index is 13.7. The van der Waals surface area contributed by atoms with E-state index in [-0.39, 0.29) is 23.6 Å². The molecule has 4 nitrogen and oxygen atoms in total. The monoisotopic (exact) mass is 307 g/mol. The average molecular weight is 308 g/mol. The second-order valence-corrected chi connectivity index (χ2v) is 6.74. The molecule has 1 aromatic rings. The van der Waals surface area contributed by atoms with E-state index >= 15 is 0 Å². The van der Waals surface area contributed by atoms with E-state index in [0.717, 1.165) is 12.8 Å². The number of sulfonamides is 1. The van der Waals surface area contributed by atoms with Gasteiger partial charge in [0.1, 0.15) is 4.90 Å². The van der Waals surface area contributed by atoms with E-state index in [1.165, 1.54) is 18.2 Å². The molecule has 1 aliphatic rings. The Labute approximate surface area is 116 Å². The van der Waals surface area contributed by atoms with Crippen molar-refractivity contribution in [3.05, 3.63) is 29.0 Å². The Kier molecular flexibility index (Phi) is 4.45. The van der Waals surface area contributed by atoms with Gasteiger partial charge in [0.15, 0.2) is 5.82 Å². The number of nitrogens with one attached hydrogen (secondary N) is 1. The third-order valence-electron chi connectivity index (χ3n) is 3.41. The maximum atomic E-state index is 13.7. The number of halogens is 2. The van der Waals surface area contributed by atoms with Crippen LogP contribution in [0, 0.1) is 11.7 Å². The minimum atomic E-state index is -3.96. The van der Waals surface area contributed by atoms with Crippen LogP contribution in [0.15, 0.2) is 23.1 Å². The molecule has 2 rings (SSSR count). The van der Waals surface area contributed by atoms with Crippen LogP contribution in [0.2, 0.25) is 5.02 Å². The van der Waals surface area contributed by atoms with Crippen LogP contribution < -0.4 is 4.72 Å². The molecular formula is C12H15ClFNO3S. The van der Waals surface area contributed by atoms with Crippen molar-refractivity contribution in [2.45, 2.75) is 30.2 Å². The van der Waals surface area contributed by atoms with Gasteiger partial charge in [-0.3, -0.25) is 0 Å². The summed E-state index contributed by atoms with van der Waals surface area (Å²) in [5.74, 6) is -1.06. The standard InChI is InChI=1S/C12H15ClFNO3S/c13-9-4-2-6-11(12(9)14)19(17,18)15-10-5-1-3-8(10)7-16/h2,4,6,8,10,15-16H,1,3,5,7H2. The van der Waals surface area contributed by atoms with Gasteiger partial charge < -0.3 is 5.11 Å². The van der Waals surface area contributed by atoms with Gasteiger partial charge in [0.05, 0.1) is 5.02 Å². The van der Waals surface area contributed by atoms with Crippen molar-refractivity contribution < 1.29 is 17.9 Å². The molecule has 0 heterocycles. The Hall–Kier alpha value is -0.690. The van der Waals surface area contributed by atoms with Crippen molar-refractivity contribution in [2.24, 2.45) is 5.92 Å². The SMILES string of the molecule is O=S(=O)(NC1CCCC1CO)c1cccc(Cl)c1F. The van der Waals surface area contributed by atoms with Crippen LogP contribution in [-0.2, 0) is 10.0 Å². The van der Waals surface area contributed by atoms with Gasteiger partial charge in [0, 0.05) is 12.6 Å². The van der Waals surface area contributed by atoms with Crippen LogP contribution in [-0.4, -0.2) is 26.2 Å². The molecule has 7 heteroatoms. The fraction of sp³-hybridized carbons (Fsp3) is 0.500. The lowest BCUT2D eigenvalue weighted by atomic mass is 10.1. The van der Waals surface area contributed by atoms with Crippen LogP contribution in [0.5, 0.6) is 0 Å². The zero-order chi connectivity index (χ0) is 14.0. The van der Waals surface area contributed by atoms with Crippen LogP contribution in [0.4, 0.5) is 4.39 Å². The van der Waals surface area contributed by atoms with Crippen LogP contribution >= 0.6 is 11.6 Å². The third kappa shape index (κ3) is 3.08. The molecule has 0 radical (unpaired) electrons. The molecule has 1 aliphatic carbocycles. The lowest BCUT2D eigenvalue weighted by Gasteiger charge is -2.19. The van der Waals surface area contributed by atoms with E-state index in [9.17, 15) is 17.9 Å². The van der Waals surface area contributed by atoms with Crippen molar-refractivity contribution in [3.8, 4) is 0 Å². The minimum Gasteiger partial charge on any atom is -0.396 e. The van der Waals surface area contributed by atoms with Crippen LogP contribution in [0.3, 0.4) is 0 Å². The molecule has 2 N–H and O–H groups in total. The highest BCUT2D eigenvalue weighted by molar-refractivity contribution is 7.89. The predicted octanol–water partition coefficient (Wildman–Crippen LogP) is 1.92. The van der Waals surface area contributed by atoms with E-state index in [4.69, 9.17) is 11.6 Å². The van der Waals surface area contributed by atoms with Crippen molar-refractivity contribution in [1.82, 2.24) is 4.72 Å². The summed E-state index contributed by atoms with van der Waals surface area (Å²) in [5.41, 5.74) is 0. The quantitative estimate of drug-likeness (QED) is 0.893. The molecule has 19 heavy (non-hydrogen) atoms. The second-order valence-electron chi connectivity index (χ2n) is 4.65. The summed E-state index contributed by atoms with van der Waals surface area (Å²) in [6.07, 6.45) is 2.25. The molecule has 0 bridgehead atoms. The molecule has 0 amide bonds. The van der Waals surface area contributed by atoms with Crippen LogP contribution in [0.25, 0.3) is 0 Å². The van der Waals surface area contributed by atoms with Gasteiger partial charge in [0.2, 0.25) is 10.0 Å². The molecule has 0 aliphatic heterocycles. The molecule has 0 saturated heterocycles. The third-order valence-corrected chi connectivity index (χ3v) is 5.21. The summed E-state index contributed by atoms with van der Waals surface area (Å²) in [5, 5.41) is 8.94. The summed E-state index contributed by atoms with van der Waals surface area (Å²) in [7, 11) is -3.96. The minimum absolute atomic E-state index is 0.0782. The number of benzene rings is 1. The van der Waals surface area contributed by atoms with Gasteiger partial charge in [-0.25, -0.2) is 17.5 Å². The Morgan fingerprint density at radius 3 is 2.84 bits per heavy atom. The summed E-state index contributed by atoms with van der Waals surface area (Å²) in [4.78, 5) is -0.455. The fourth-order valence-electron chi connectivity index (χ4n) is 2.36. The van der Waals surface area contributed by atoms with E-state index in [1.807, 2.05) is 0 Å². The van der Waals surface area contributed by atoms with E-state index in [2.05, 4.69) is 4.72 Å². The first kappa shape index (κ1) is 14.7. The normalized spacial score (nSPS) is 23.7. The smallest absolute Gasteiger partial charge is 0.243 e. The molecule has 2 unspecified atom stereocenters. The first-order chi connectivity index (χ1) is 8.95. The van der Waals surface area contributed by atoms with Gasteiger partial charge in [-0.1, -0.05) is 24.1 Å². The zero-order valence-electron chi connectivity index (χ0n) is 10.1. The number of hydrogen-bond acceptors (Lipinski definition) is 3. The second kappa shape index (κ2) is 5.75. The van der Waals surface area contributed by atoms with Gasteiger partial charge in [0.25, 0.3) is 0 Å². The number of aliphatic hydroxyl groups is 1. The zero-order valence-corrected chi connectivity index (χ0v) is 11.7. The molecule has 1 saturated carbocycles. The molecule has 106 valence electrons. The van der Waals surface area contributed by atoms with Crippen molar-refractivity contribution in [2.75, 3.05) is 6.61 Å². The summed E-state index contributed by atoms with van der Waals surface area (Å²) >= 11 is 5.59. The first-order valence-corrected chi connectivity index (χ1v) is 7.89. The summed E-state index contributed by atoms with van der Waals surface area (Å²) in [6, 6.07) is 3.50. The Morgan fingerprint density at radius 2 is 2.16 bits per heavy atom. The molecule has 2 atom stereocenters. The molecular weight excluding hydrogens is 293 g/mol. The Morgan fingerprint density at radius 1 is 1.42 bits per heavy atom. The van der Waals surface area contributed by atoms with Crippen LogP contribution in [0.1, 0.15) is 19.3 Å². The predicted molar refractivity (Wildman–Crippen MR) is 69.9 cm³/mol. The highest BCUT2D eigenvalue weighted by Gasteiger charge is 2.32. The highest BCUT2D eigenvalue weighted by Crippen LogP contribution is 2.28. The Balaban J connectivity index is 2.25.